The van der Waals surface area contributed by atoms with E-state index in [1.54, 1.807) is 24.3 Å². The topological polar surface area (TPSA) is 90.1 Å². The Bertz CT molecular complexity index is 1020. The molecule has 1 aromatic heterocycles. The minimum Gasteiger partial charge on any atom is -0.319 e. The van der Waals surface area contributed by atoms with E-state index in [1.807, 2.05) is 16.7 Å². The number of aldehydes is 1. The van der Waals surface area contributed by atoms with Crippen LogP contribution < -0.4 is 5.32 Å². The van der Waals surface area contributed by atoms with Crippen LogP contribution in [-0.4, -0.2) is 33.3 Å². The smallest absolute Gasteiger partial charge is 0.280 e. The normalized spacial score (nSPS) is 17.9. The Morgan fingerprint density at radius 3 is 2.81 bits per heavy atom. The molecule has 0 radical (unpaired) electrons. The van der Waals surface area contributed by atoms with Gasteiger partial charge < -0.3 is 9.88 Å². The van der Waals surface area contributed by atoms with Crippen molar-refractivity contribution in [3.63, 3.8) is 0 Å². The molecule has 2 aromatic carbocycles. The van der Waals surface area contributed by atoms with Crippen molar-refractivity contribution < 1.29 is 9.72 Å². The van der Waals surface area contributed by atoms with E-state index >= 15 is 0 Å². The minimum atomic E-state index is -0.391. The van der Waals surface area contributed by atoms with E-state index in [0.29, 0.717) is 22.5 Å². The van der Waals surface area contributed by atoms with Gasteiger partial charge in [0.1, 0.15) is 5.82 Å². The van der Waals surface area contributed by atoms with E-state index < -0.39 is 4.92 Å². The molecule has 2 atom stereocenters. The lowest BCUT2D eigenvalue weighted by Gasteiger charge is -2.24. The van der Waals surface area contributed by atoms with Crippen molar-refractivity contribution in [3.8, 4) is 11.4 Å². The Kier molecular flexibility index (Phi) is 4.45. The number of aromatic nitrogens is 2. The molecule has 4 rings (SSSR count). The Morgan fingerprint density at radius 2 is 2.11 bits per heavy atom. The number of nitro groups is 1. The molecule has 3 aromatic rings. The monoisotopic (exact) mass is 364 g/mol. The number of nitrogens with one attached hydrogen (secondary N) is 1. The van der Waals surface area contributed by atoms with Crippen molar-refractivity contribution in [2.24, 2.45) is 0 Å². The van der Waals surface area contributed by atoms with E-state index in [2.05, 4.69) is 17.2 Å². The highest BCUT2D eigenvalue weighted by Crippen LogP contribution is 2.36. The van der Waals surface area contributed by atoms with E-state index in [0.717, 1.165) is 31.2 Å². The summed E-state index contributed by atoms with van der Waals surface area (Å²) in [6, 6.07) is 12.4. The second kappa shape index (κ2) is 6.92. The fourth-order valence-corrected chi connectivity index (χ4v) is 3.96. The summed E-state index contributed by atoms with van der Waals surface area (Å²) in [5, 5.41) is 15.1. The molecule has 1 aliphatic rings. The van der Waals surface area contributed by atoms with Gasteiger partial charge in [0.05, 0.1) is 21.5 Å². The number of benzene rings is 2. The Labute approximate surface area is 156 Å². The van der Waals surface area contributed by atoms with Crippen molar-refractivity contribution in [2.45, 2.75) is 31.8 Å². The molecular formula is C20H20N4O3. The maximum Gasteiger partial charge on any atom is 0.280 e. The quantitative estimate of drug-likeness (QED) is 0.423. The first-order chi connectivity index (χ1) is 13.1. The molecule has 7 heteroatoms. The van der Waals surface area contributed by atoms with Gasteiger partial charge in [-0.2, -0.15) is 0 Å². The summed E-state index contributed by atoms with van der Waals surface area (Å²) in [5.74, 6) is 0.521. The number of rotatable bonds is 5. The van der Waals surface area contributed by atoms with Gasteiger partial charge in [0.15, 0.2) is 6.29 Å². The average Bonchev–Trinajstić information content (AvgIpc) is 3.35. The molecule has 0 aliphatic carbocycles. The predicted molar refractivity (Wildman–Crippen MR) is 103 cm³/mol. The van der Waals surface area contributed by atoms with Gasteiger partial charge in [-0.15, -0.1) is 0 Å². The summed E-state index contributed by atoms with van der Waals surface area (Å²) in [6.07, 6.45) is 2.91. The molecule has 7 nitrogen and oxygen atoms in total. The van der Waals surface area contributed by atoms with Gasteiger partial charge in [0.2, 0.25) is 0 Å². The molecule has 1 unspecified atom stereocenters. The molecule has 0 spiro atoms. The number of imidazole rings is 1. The lowest BCUT2D eigenvalue weighted by Crippen LogP contribution is -2.31. The number of nitrogens with zero attached hydrogens (tertiary/aromatic N) is 3. The molecule has 1 aliphatic heterocycles. The van der Waals surface area contributed by atoms with Gasteiger partial charge >= 0.3 is 0 Å². The van der Waals surface area contributed by atoms with Crippen LogP contribution in [0.1, 0.15) is 36.2 Å². The highest BCUT2D eigenvalue weighted by molar-refractivity contribution is 5.96. The maximum atomic E-state index is 11.6. The lowest BCUT2D eigenvalue weighted by atomic mass is 10.1. The predicted octanol–water partition coefficient (Wildman–Crippen LogP) is 3.74. The average molecular weight is 364 g/mol. The number of carbonyl (C=O) groups is 1. The van der Waals surface area contributed by atoms with Crippen LogP contribution in [0.25, 0.3) is 22.4 Å². The van der Waals surface area contributed by atoms with Crippen LogP contribution >= 0.6 is 0 Å². The number of fused-ring (bicyclic) bond motifs is 1. The van der Waals surface area contributed by atoms with Crippen LogP contribution in [0.3, 0.4) is 0 Å². The van der Waals surface area contributed by atoms with Crippen LogP contribution in [0.5, 0.6) is 0 Å². The van der Waals surface area contributed by atoms with Gasteiger partial charge in [-0.25, -0.2) is 4.98 Å². The van der Waals surface area contributed by atoms with Gasteiger partial charge in [0, 0.05) is 23.7 Å². The van der Waals surface area contributed by atoms with Crippen LogP contribution in [0.15, 0.2) is 42.5 Å². The second-order valence-electron chi connectivity index (χ2n) is 6.86. The number of carbonyl (C=O) groups excluding carboxylic acids is 1. The van der Waals surface area contributed by atoms with E-state index in [9.17, 15) is 14.9 Å². The Hall–Kier alpha value is -3.06. The van der Waals surface area contributed by atoms with Gasteiger partial charge in [-0.05, 0) is 44.5 Å². The number of hydrogen-bond donors (Lipinski definition) is 1. The molecular weight excluding hydrogens is 344 g/mol. The van der Waals surface area contributed by atoms with Crippen molar-refractivity contribution in [3.05, 3.63) is 58.1 Å². The molecule has 27 heavy (non-hydrogen) atoms. The molecule has 1 fully saturated rings. The zero-order valence-corrected chi connectivity index (χ0v) is 15.0. The molecule has 0 bridgehead atoms. The van der Waals surface area contributed by atoms with Crippen LogP contribution in [0.2, 0.25) is 0 Å². The van der Waals surface area contributed by atoms with Crippen LogP contribution in [0.4, 0.5) is 5.69 Å². The highest BCUT2D eigenvalue weighted by Gasteiger charge is 2.29. The third-order valence-electron chi connectivity index (χ3n) is 5.31. The van der Waals surface area contributed by atoms with Crippen LogP contribution in [0, 0.1) is 10.1 Å². The molecule has 0 amide bonds. The first kappa shape index (κ1) is 17.4. The lowest BCUT2D eigenvalue weighted by molar-refractivity contribution is -0.384. The molecule has 138 valence electrons. The molecule has 2 heterocycles. The van der Waals surface area contributed by atoms with Gasteiger partial charge in [0.25, 0.3) is 5.69 Å². The highest BCUT2D eigenvalue weighted by atomic mass is 16.6. The largest absolute Gasteiger partial charge is 0.319 e. The first-order valence-electron chi connectivity index (χ1n) is 9.05. The Morgan fingerprint density at radius 1 is 1.30 bits per heavy atom. The zero-order chi connectivity index (χ0) is 19.0. The third-order valence-corrected chi connectivity index (χ3v) is 5.31. The molecule has 1 N–H and O–H groups in total. The van der Waals surface area contributed by atoms with E-state index in [1.165, 1.54) is 6.07 Å². The fourth-order valence-electron chi connectivity index (χ4n) is 3.96. The van der Waals surface area contributed by atoms with Crippen LogP contribution in [-0.2, 0) is 0 Å². The van der Waals surface area contributed by atoms with Gasteiger partial charge in [-0.1, -0.05) is 18.2 Å². The molecule has 0 saturated carbocycles. The number of para-hydroxylation sites is 2. The van der Waals surface area contributed by atoms with Crippen molar-refractivity contribution in [2.75, 3.05) is 6.54 Å². The summed E-state index contributed by atoms with van der Waals surface area (Å²) in [5.41, 5.74) is 2.34. The van der Waals surface area contributed by atoms with Crippen molar-refractivity contribution >= 4 is 23.0 Å². The number of nitro benzene ring substituents is 1. The van der Waals surface area contributed by atoms with E-state index in [4.69, 9.17) is 0 Å². The summed E-state index contributed by atoms with van der Waals surface area (Å²) < 4.78 is 2.04. The fraction of sp³-hybridized carbons (Fsp3) is 0.300. The number of hydrogen-bond acceptors (Lipinski definition) is 5. The Balaban J connectivity index is 2.01. The van der Waals surface area contributed by atoms with E-state index in [-0.39, 0.29) is 17.8 Å². The minimum absolute atomic E-state index is 0.00768. The summed E-state index contributed by atoms with van der Waals surface area (Å²) >= 11 is 0. The second-order valence-corrected chi connectivity index (χ2v) is 6.86. The standard InChI is InChI=1S/C20H20N4O3/c1-13(16-8-5-11-21-16)23-18-10-4-6-14(12-25)19(18)22-20(23)15-7-2-3-9-17(15)24(26)27/h2-4,6-7,9-10,12-13,16,21H,5,8,11H2,1H3/t13-,16?/m0/s1. The third kappa shape index (κ3) is 2.90. The first-order valence-corrected chi connectivity index (χ1v) is 9.05. The summed E-state index contributed by atoms with van der Waals surface area (Å²) in [6.45, 7) is 3.05. The maximum absolute atomic E-state index is 11.6. The zero-order valence-electron chi connectivity index (χ0n) is 15.0. The summed E-state index contributed by atoms with van der Waals surface area (Å²) in [7, 11) is 0. The summed E-state index contributed by atoms with van der Waals surface area (Å²) in [4.78, 5) is 27.4. The SMILES string of the molecule is C[C@@H](C1CCCN1)n1c(-c2ccccc2[N+](=O)[O-])nc2c(C=O)cccc21. The van der Waals surface area contributed by atoms with Crippen molar-refractivity contribution in [1.29, 1.82) is 0 Å². The molecule has 1 saturated heterocycles. The van der Waals surface area contributed by atoms with Gasteiger partial charge in [-0.3, -0.25) is 14.9 Å². The van der Waals surface area contributed by atoms with Crippen molar-refractivity contribution in [1.82, 2.24) is 14.9 Å².